The Balaban J connectivity index is 1.36. The number of halogens is 1. The van der Waals surface area contributed by atoms with Crippen LogP contribution in [0.1, 0.15) is 18.4 Å². The number of anilines is 2. The van der Waals surface area contributed by atoms with Crippen molar-refractivity contribution in [2.45, 2.75) is 18.4 Å². The molecular weight excluding hydrogens is 448 g/mol. The summed E-state index contributed by atoms with van der Waals surface area (Å²) in [4.78, 5) is 8.80. The van der Waals surface area contributed by atoms with Gasteiger partial charge in [0.25, 0.3) is 0 Å². The van der Waals surface area contributed by atoms with Crippen LogP contribution in [0, 0.1) is 11.8 Å². The lowest BCUT2D eigenvalue weighted by Gasteiger charge is -2.27. The maximum atomic E-state index is 10.6. The summed E-state index contributed by atoms with van der Waals surface area (Å²) in [6.45, 7) is 1.40. The van der Waals surface area contributed by atoms with Crippen LogP contribution in [0.3, 0.4) is 0 Å². The van der Waals surface area contributed by atoms with Gasteiger partial charge in [-0.25, -0.2) is 9.97 Å². The molecule has 5 rings (SSSR count). The summed E-state index contributed by atoms with van der Waals surface area (Å²) < 4.78 is 5.85. The van der Waals surface area contributed by atoms with Crippen molar-refractivity contribution in [3.8, 4) is 23.3 Å². The molecule has 1 saturated heterocycles. The minimum atomic E-state index is -0.985. The SMILES string of the molecule is OC1(C#Cc2ccc3c(Nc4ccc(Oc5ccccc5)c(Cl)c4)ncnc3c2)CCCNC1. The van der Waals surface area contributed by atoms with E-state index in [0.29, 0.717) is 29.6 Å². The van der Waals surface area contributed by atoms with Crippen molar-refractivity contribution >= 4 is 34.0 Å². The molecule has 0 aliphatic carbocycles. The molecule has 34 heavy (non-hydrogen) atoms. The topological polar surface area (TPSA) is 79.3 Å². The molecule has 0 radical (unpaired) electrons. The largest absolute Gasteiger partial charge is 0.456 e. The van der Waals surface area contributed by atoms with Crippen molar-refractivity contribution in [3.05, 3.63) is 83.6 Å². The summed E-state index contributed by atoms with van der Waals surface area (Å²) in [5, 5.41) is 18.4. The highest BCUT2D eigenvalue weighted by Crippen LogP contribution is 2.33. The Morgan fingerprint density at radius 3 is 2.74 bits per heavy atom. The molecule has 1 aliphatic heterocycles. The van der Waals surface area contributed by atoms with Gasteiger partial charge in [0.15, 0.2) is 0 Å². The van der Waals surface area contributed by atoms with E-state index >= 15 is 0 Å². The molecule has 0 spiro atoms. The first-order valence-electron chi connectivity index (χ1n) is 11.1. The van der Waals surface area contributed by atoms with Gasteiger partial charge < -0.3 is 20.5 Å². The van der Waals surface area contributed by atoms with Crippen LogP contribution >= 0.6 is 11.6 Å². The monoisotopic (exact) mass is 470 g/mol. The highest BCUT2D eigenvalue weighted by molar-refractivity contribution is 6.32. The van der Waals surface area contributed by atoms with Gasteiger partial charge in [-0.2, -0.15) is 0 Å². The van der Waals surface area contributed by atoms with Crippen LogP contribution in [0.2, 0.25) is 5.02 Å². The van der Waals surface area contributed by atoms with Gasteiger partial charge in [0, 0.05) is 23.2 Å². The fourth-order valence-electron chi connectivity index (χ4n) is 3.83. The van der Waals surface area contributed by atoms with Gasteiger partial charge in [0.05, 0.1) is 10.5 Å². The van der Waals surface area contributed by atoms with Crippen molar-refractivity contribution in [1.29, 1.82) is 0 Å². The van der Waals surface area contributed by atoms with Crippen molar-refractivity contribution in [1.82, 2.24) is 15.3 Å². The Morgan fingerprint density at radius 2 is 1.94 bits per heavy atom. The highest BCUT2D eigenvalue weighted by atomic mass is 35.5. The molecule has 3 N–H and O–H groups in total. The molecule has 170 valence electrons. The molecule has 1 atom stereocenters. The second-order valence-corrected chi connectivity index (χ2v) is 8.61. The van der Waals surface area contributed by atoms with Crippen LogP contribution in [0.15, 0.2) is 73.1 Å². The number of aromatic nitrogens is 2. The van der Waals surface area contributed by atoms with Crippen LogP contribution < -0.4 is 15.4 Å². The van der Waals surface area contributed by atoms with E-state index in [4.69, 9.17) is 16.3 Å². The standard InChI is InChI=1S/C27H23ClN4O2/c28-23-16-20(8-10-25(23)34-21-5-2-1-3-6-21)32-26-22-9-7-19(15-24(22)30-18-31-26)11-13-27(33)12-4-14-29-17-27/h1-3,5-10,15-16,18,29,33H,4,12,14,17H2,(H,30,31,32). The van der Waals surface area contributed by atoms with Gasteiger partial charge in [-0.15, -0.1) is 0 Å². The van der Waals surface area contributed by atoms with Gasteiger partial charge in [0.1, 0.15) is 29.2 Å². The molecular formula is C27H23ClN4O2. The number of aliphatic hydroxyl groups is 1. The summed E-state index contributed by atoms with van der Waals surface area (Å²) in [5.74, 6) is 8.07. The molecule has 4 aromatic rings. The molecule has 0 amide bonds. The Labute approximate surface area is 203 Å². The van der Waals surface area contributed by atoms with Crippen LogP contribution in [0.25, 0.3) is 10.9 Å². The zero-order valence-corrected chi connectivity index (χ0v) is 19.1. The normalized spacial score (nSPS) is 17.6. The summed E-state index contributed by atoms with van der Waals surface area (Å²) in [6, 6.07) is 20.7. The average Bonchev–Trinajstić information content (AvgIpc) is 2.86. The number of ether oxygens (including phenoxy) is 1. The quantitative estimate of drug-likeness (QED) is 0.352. The fraction of sp³-hybridized carbons (Fsp3) is 0.185. The van der Waals surface area contributed by atoms with E-state index in [1.807, 2.05) is 60.7 Å². The molecule has 6 nitrogen and oxygen atoms in total. The van der Waals surface area contributed by atoms with Crippen molar-refractivity contribution < 1.29 is 9.84 Å². The van der Waals surface area contributed by atoms with Crippen molar-refractivity contribution in [2.24, 2.45) is 0 Å². The molecule has 1 unspecified atom stereocenters. The lowest BCUT2D eigenvalue weighted by molar-refractivity contribution is 0.0736. The molecule has 1 aromatic heterocycles. The molecule has 0 bridgehead atoms. The number of hydrogen-bond donors (Lipinski definition) is 3. The number of benzene rings is 3. The Morgan fingerprint density at radius 1 is 1.06 bits per heavy atom. The summed E-state index contributed by atoms with van der Waals surface area (Å²) in [5.41, 5.74) is 1.34. The van der Waals surface area contributed by atoms with E-state index in [-0.39, 0.29) is 0 Å². The highest BCUT2D eigenvalue weighted by Gasteiger charge is 2.26. The number of nitrogens with one attached hydrogen (secondary N) is 2. The zero-order valence-electron chi connectivity index (χ0n) is 18.4. The number of hydrogen-bond acceptors (Lipinski definition) is 6. The van der Waals surface area contributed by atoms with Gasteiger partial charge in [0.2, 0.25) is 0 Å². The van der Waals surface area contributed by atoms with Gasteiger partial charge in [-0.05, 0) is 67.9 Å². The zero-order chi connectivity index (χ0) is 23.4. The van der Waals surface area contributed by atoms with E-state index in [2.05, 4.69) is 32.4 Å². The third-order valence-corrected chi connectivity index (χ3v) is 5.90. The van der Waals surface area contributed by atoms with Crippen LogP contribution in [0.5, 0.6) is 11.5 Å². The Hall–Kier alpha value is -3.63. The van der Waals surface area contributed by atoms with E-state index in [1.54, 1.807) is 6.07 Å². The van der Waals surface area contributed by atoms with Crippen LogP contribution in [-0.2, 0) is 0 Å². The Kier molecular flexibility index (Phi) is 6.33. The van der Waals surface area contributed by atoms with E-state index in [9.17, 15) is 5.11 Å². The van der Waals surface area contributed by atoms with Crippen LogP contribution in [0.4, 0.5) is 11.5 Å². The van der Waals surface area contributed by atoms with Gasteiger partial charge >= 0.3 is 0 Å². The van der Waals surface area contributed by atoms with Crippen molar-refractivity contribution in [2.75, 3.05) is 18.4 Å². The predicted molar refractivity (Wildman–Crippen MR) is 135 cm³/mol. The second-order valence-electron chi connectivity index (χ2n) is 8.20. The average molecular weight is 471 g/mol. The minimum absolute atomic E-state index is 0.486. The molecule has 1 aliphatic rings. The first-order chi connectivity index (χ1) is 16.6. The molecule has 1 fully saturated rings. The van der Waals surface area contributed by atoms with E-state index in [1.165, 1.54) is 6.33 Å². The lowest BCUT2D eigenvalue weighted by atomic mass is 9.94. The number of fused-ring (bicyclic) bond motifs is 1. The number of piperidine rings is 1. The Bertz CT molecular complexity index is 1380. The first kappa shape index (κ1) is 22.2. The third-order valence-electron chi connectivity index (χ3n) is 5.60. The summed E-state index contributed by atoms with van der Waals surface area (Å²) >= 11 is 6.46. The van der Waals surface area contributed by atoms with E-state index in [0.717, 1.165) is 40.9 Å². The first-order valence-corrected chi connectivity index (χ1v) is 11.5. The number of rotatable bonds is 4. The molecule has 7 heteroatoms. The number of para-hydroxylation sites is 1. The molecule has 2 heterocycles. The molecule has 0 saturated carbocycles. The molecule has 3 aromatic carbocycles. The summed E-state index contributed by atoms with van der Waals surface area (Å²) in [6.07, 6.45) is 3.10. The minimum Gasteiger partial charge on any atom is -0.456 e. The van der Waals surface area contributed by atoms with Crippen molar-refractivity contribution in [3.63, 3.8) is 0 Å². The van der Waals surface area contributed by atoms with Gasteiger partial charge in [-0.3, -0.25) is 0 Å². The summed E-state index contributed by atoms with van der Waals surface area (Å²) in [7, 11) is 0. The smallest absolute Gasteiger partial charge is 0.146 e. The second kappa shape index (κ2) is 9.70. The predicted octanol–water partition coefficient (Wildman–Crippen LogP) is 5.29. The van der Waals surface area contributed by atoms with Crippen LogP contribution in [-0.4, -0.2) is 33.8 Å². The maximum Gasteiger partial charge on any atom is 0.146 e. The maximum absolute atomic E-state index is 10.6. The van der Waals surface area contributed by atoms with E-state index < -0.39 is 5.60 Å². The number of β-amino-alcohol motifs (C(OH)–C–C–N with tert-alkyl or cyclic N) is 1. The fourth-order valence-corrected chi connectivity index (χ4v) is 4.05. The number of nitrogens with zero attached hydrogens (tertiary/aromatic N) is 2. The van der Waals surface area contributed by atoms with Gasteiger partial charge in [-0.1, -0.05) is 41.6 Å². The third kappa shape index (κ3) is 5.13. The lowest BCUT2D eigenvalue weighted by Crippen LogP contribution is -2.44.